The highest BCUT2D eigenvalue weighted by molar-refractivity contribution is 5.78. The normalized spacial score (nSPS) is 12.3. The first kappa shape index (κ1) is 15.7. The lowest BCUT2D eigenvalue weighted by molar-refractivity contribution is -0.124. The zero-order chi connectivity index (χ0) is 14.4. The van der Waals surface area contributed by atoms with Gasteiger partial charge in [-0.3, -0.25) is 4.79 Å². The maximum atomic E-state index is 11.8. The van der Waals surface area contributed by atoms with Gasteiger partial charge in [0.15, 0.2) is 0 Å². The van der Waals surface area contributed by atoms with Gasteiger partial charge in [0.2, 0.25) is 5.91 Å². The van der Waals surface area contributed by atoms with E-state index >= 15 is 0 Å². The molecule has 3 N–H and O–H groups in total. The van der Waals surface area contributed by atoms with E-state index in [-0.39, 0.29) is 11.8 Å². The summed E-state index contributed by atoms with van der Waals surface area (Å²) in [6.07, 6.45) is 1.63. The minimum Gasteiger partial charge on any atom is -0.356 e. The van der Waals surface area contributed by atoms with Crippen LogP contribution in [0.5, 0.6) is 0 Å². The maximum Gasteiger partial charge on any atom is 0.222 e. The van der Waals surface area contributed by atoms with E-state index in [0.29, 0.717) is 13.1 Å². The van der Waals surface area contributed by atoms with Crippen LogP contribution in [-0.2, 0) is 11.2 Å². The van der Waals surface area contributed by atoms with Crippen LogP contribution < -0.4 is 11.1 Å². The second kappa shape index (κ2) is 7.29. The van der Waals surface area contributed by atoms with Gasteiger partial charge in [0.05, 0.1) is 0 Å². The predicted octanol–water partition coefficient (Wildman–Crippen LogP) is 2.26. The summed E-state index contributed by atoms with van der Waals surface area (Å²) in [5.74, 6) is 0.109. The molecular formula is C16H26N2O. The van der Waals surface area contributed by atoms with Crippen LogP contribution in [0.15, 0.2) is 12.1 Å². The van der Waals surface area contributed by atoms with E-state index in [1.54, 1.807) is 0 Å². The summed E-state index contributed by atoms with van der Waals surface area (Å²) in [6.45, 7) is 9.60. The summed E-state index contributed by atoms with van der Waals surface area (Å²) in [5.41, 5.74) is 10.8. The van der Waals surface area contributed by atoms with Crippen LogP contribution in [0.2, 0.25) is 0 Å². The molecule has 1 unspecified atom stereocenters. The van der Waals surface area contributed by atoms with E-state index in [1.165, 1.54) is 22.3 Å². The lowest BCUT2D eigenvalue weighted by Gasteiger charge is -2.13. The number of nitrogens with one attached hydrogen (secondary N) is 1. The Hall–Kier alpha value is -1.35. The van der Waals surface area contributed by atoms with Gasteiger partial charge in [0.1, 0.15) is 0 Å². The quantitative estimate of drug-likeness (QED) is 0.826. The van der Waals surface area contributed by atoms with Crippen LogP contribution in [0.25, 0.3) is 0 Å². The molecule has 0 aromatic heterocycles. The highest BCUT2D eigenvalue weighted by Crippen LogP contribution is 2.17. The summed E-state index contributed by atoms with van der Waals surface area (Å²) in [6, 6.07) is 4.31. The Morgan fingerprint density at radius 3 is 2.58 bits per heavy atom. The zero-order valence-electron chi connectivity index (χ0n) is 12.5. The number of nitrogens with two attached hydrogens (primary N) is 1. The van der Waals surface area contributed by atoms with Crippen molar-refractivity contribution in [1.82, 2.24) is 5.32 Å². The van der Waals surface area contributed by atoms with Gasteiger partial charge in [-0.05, 0) is 62.4 Å². The van der Waals surface area contributed by atoms with Crippen LogP contribution in [-0.4, -0.2) is 19.0 Å². The molecule has 106 valence electrons. The average molecular weight is 262 g/mol. The fourth-order valence-electron chi connectivity index (χ4n) is 2.16. The number of carbonyl (C=O) groups excluding carboxylic acids is 1. The molecule has 0 heterocycles. The van der Waals surface area contributed by atoms with Gasteiger partial charge in [0, 0.05) is 12.5 Å². The Kier molecular flexibility index (Phi) is 6.03. The van der Waals surface area contributed by atoms with Crippen molar-refractivity contribution in [2.24, 2.45) is 11.7 Å². The van der Waals surface area contributed by atoms with Crippen LogP contribution in [0.1, 0.15) is 35.6 Å². The van der Waals surface area contributed by atoms with Crippen molar-refractivity contribution in [2.45, 2.75) is 40.5 Å². The van der Waals surface area contributed by atoms with Gasteiger partial charge in [-0.25, -0.2) is 0 Å². The molecule has 0 aliphatic heterocycles. The van der Waals surface area contributed by atoms with Gasteiger partial charge in [-0.2, -0.15) is 0 Å². The Labute approximate surface area is 116 Å². The van der Waals surface area contributed by atoms with Crippen molar-refractivity contribution in [1.29, 1.82) is 0 Å². The summed E-state index contributed by atoms with van der Waals surface area (Å²) in [4.78, 5) is 11.8. The van der Waals surface area contributed by atoms with Crippen molar-refractivity contribution in [3.05, 3.63) is 34.4 Å². The standard InChI is InChI=1S/C16H26N2O/c1-11-5-6-15(14(4)13(11)3)8-10-18-16(19)12(2)7-9-17/h5-6,12H,7-10,17H2,1-4H3,(H,18,19). The third-order valence-electron chi connectivity index (χ3n) is 3.91. The third-order valence-corrected chi connectivity index (χ3v) is 3.91. The Morgan fingerprint density at radius 2 is 1.95 bits per heavy atom. The molecule has 0 spiro atoms. The first-order valence-corrected chi connectivity index (χ1v) is 7.00. The number of aryl methyl sites for hydroxylation is 1. The molecule has 0 aliphatic rings. The predicted molar refractivity (Wildman–Crippen MR) is 80.2 cm³/mol. The van der Waals surface area contributed by atoms with E-state index < -0.39 is 0 Å². The zero-order valence-corrected chi connectivity index (χ0v) is 12.5. The number of benzene rings is 1. The molecule has 1 atom stereocenters. The first-order valence-electron chi connectivity index (χ1n) is 7.00. The summed E-state index contributed by atoms with van der Waals surface area (Å²) in [7, 11) is 0. The van der Waals surface area contributed by atoms with Crippen LogP contribution in [0, 0.1) is 26.7 Å². The van der Waals surface area contributed by atoms with Crippen molar-refractivity contribution in [3.8, 4) is 0 Å². The lowest BCUT2D eigenvalue weighted by Crippen LogP contribution is -2.32. The van der Waals surface area contributed by atoms with Gasteiger partial charge in [-0.1, -0.05) is 19.1 Å². The highest BCUT2D eigenvalue weighted by Gasteiger charge is 2.11. The van der Waals surface area contributed by atoms with Gasteiger partial charge >= 0.3 is 0 Å². The molecule has 3 heteroatoms. The Balaban J connectivity index is 2.50. The number of amides is 1. The largest absolute Gasteiger partial charge is 0.356 e. The second-order valence-electron chi connectivity index (χ2n) is 5.31. The smallest absolute Gasteiger partial charge is 0.222 e. The van der Waals surface area contributed by atoms with Gasteiger partial charge in [-0.15, -0.1) is 0 Å². The molecule has 1 amide bonds. The average Bonchev–Trinajstić information content (AvgIpc) is 2.39. The fraction of sp³-hybridized carbons (Fsp3) is 0.562. The molecule has 19 heavy (non-hydrogen) atoms. The second-order valence-corrected chi connectivity index (χ2v) is 5.31. The van der Waals surface area contributed by atoms with Crippen molar-refractivity contribution in [2.75, 3.05) is 13.1 Å². The number of hydrogen-bond donors (Lipinski definition) is 2. The SMILES string of the molecule is Cc1ccc(CCNC(=O)C(C)CCN)c(C)c1C. The summed E-state index contributed by atoms with van der Waals surface area (Å²) < 4.78 is 0. The van der Waals surface area contributed by atoms with E-state index in [9.17, 15) is 4.79 Å². The van der Waals surface area contributed by atoms with Crippen molar-refractivity contribution >= 4 is 5.91 Å². The minimum atomic E-state index is 0.00542. The topological polar surface area (TPSA) is 55.1 Å². The summed E-state index contributed by atoms with van der Waals surface area (Å²) >= 11 is 0. The van der Waals surface area contributed by atoms with Crippen LogP contribution >= 0.6 is 0 Å². The molecule has 0 radical (unpaired) electrons. The molecule has 1 aromatic carbocycles. The first-order chi connectivity index (χ1) is 8.97. The Morgan fingerprint density at radius 1 is 1.26 bits per heavy atom. The molecule has 3 nitrogen and oxygen atoms in total. The minimum absolute atomic E-state index is 0.00542. The van der Waals surface area contributed by atoms with Crippen LogP contribution in [0.4, 0.5) is 0 Å². The molecular weight excluding hydrogens is 236 g/mol. The molecule has 0 fully saturated rings. The number of rotatable bonds is 6. The molecule has 1 aromatic rings. The van der Waals surface area contributed by atoms with Gasteiger partial charge < -0.3 is 11.1 Å². The van der Waals surface area contributed by atoms with Gasteiger partial charge in [0.25, 0.3) is 0 Å². The molecule has 0 saturated heterocycles. The van der Waals surface area contributed by atoms with Crippen LogP contribution in [0.3, 0.4) is 0 Å². The van der Waals surface area contributed by atoms with Crippen molar-refractivity contribution in [3.63, 3.8) is 0 Å². The van der Waals surface area contributed by atoms with E-state index in [0.717, 1.165) is 12.8 Å². The van der Waals surface area contributed by atoms with Crippen molar-refractivity contribution < 1.29 is 4.79 Å². The van der Waals surface area contributed by atoms with E-state index in [1.807, 2.05) is 6.92 Å². The molecule has 0 bridgehead atoms. The monoisotopic (exact) mass is 262 g/mol. The maximum absolute atomic E-state index is 11.8. The third kappa shape index (κ3) is 4.35. The Bertz CT molecular complexity index is 441. The number of hydrogen-bond acceptors (Lipinski definition) is 2. The molecule has 1 rings (SSSR count). The number of carbonyl (C=O) groups is 1. The molecule has 0 aliphatic carbocycles. The van der Waals surface area contributed by atoms with E-state index in [4.69, 9.17) is 5.73 Å². The lowest BCUT2D eigenvalue weighted by atomic mass is 9.97. The highest BCUT2D eigenvalue weighted by atomic mass is 16.1. The fourth-order valence-corrected chi connectivity index (χ4v) is 2.16. The van der Waals surface area contributed by atoms with E-state index in [2.05, 4.69) is 38.2 Å². The molecule has 0 saturated carbocycles. The summed E-state index contributed by atoms with van der Waals surface area (Å²) in [5, 5.41) is 2.98.